The van der Waals surface area contributed by atoms with Gasteiger partial charge in [-0.25, -0.2) is 0 Å². The molecule has 3 aromatic rings. The molecule has 6 heteroatoms. The molecule has 0 radical (unpaired) electrons. The number of esters is 1. The summed E-state index contributed by atoms with van der Waals surface area (Å²) in [6, 6.07) is 13.2. The van der Waals surface area contributed by atoms with Gasteiger partial charge in [-0.3, -0.25) is 14.7 Å². The van der Waals surface area contributed by atoms with Gasteiger partial charge in [0.15, 0.2) is 0 Å². The van der Waals surface area contributed by atoms with Crippen molar-refractivity contribution in [1.82, 2.24) is 15.1 Å². The molecule has 28 heavy (non-hydrogen) atoms. The normalized spacial score (nSPS) is 12.0. The first-order valence-electron chi connectivity index (χ1n) is 9.58. The van der Waals surface area contributed by atoms with Crippen LogP contribution in [-0.4, -0.2) is 46.7 Å². The molecular weight excluding hydrogens is 354 g/mol. The first-order valence-corrected chi connectivity index (χ1v) is 9.58. The lowest BCUT2D eigenvalue weighted by Crippen LogP contribution is -2.31. The number of ether oxygens (including phenoxy) is 1. The molecule has 0 spiro atoms. The number of H-pyrrole nitrogens is 1. The molecule has 1 heterocycles. The molecule has 1 atom stereocenters. The highest BCUT2D eigenvalue weighted by Crippen LogP contribution is 2.31. The third-order valence-electron chi connectivity index (χ3n) is 4.84. The minimum atomic E-state index is -0.608. The number of aromatic amines is 1. The van der Waals surface area contributed by atoms with Crippen LogP contribution in [0.1, 0.15) is 48.2 Å². The monoisotopic (exact) mass is 379 g/mol. The van der Waals surface area contributed by atoms with Gasteiger partial charge in [0, 0.05) is 18.5 Å². The van der Waals surface area contributed by atoms with Gasteiger partial charge in [-0.1, -0.05) is 30.3 Å². The van der Waals surface area contributed by atoms with Crippen LogP contribution in [0.3, 0.4) is 0 Å². The number of rotatable bonds is 7. The van der Waals surface area contributed by atoms with Gasteiger partial charge >= 0.3 is 5.97 Å². The second-order valence-corrected chi connectivity index (χ2v) is 6.48. The summed E-state index contributed by atoms with van der Waals surface area (Å²) in [7, 11) is 0. The van der Waals surface area contributed by atoms with Crippen molar-refractivity contribution in [3.8, 4) is 0 Å². The van der Waals surface area contributed by atoms with Crippen LogP contribution in [-0.2, 0) is 9.53 Å². The highest BCUT2D eigenvalue weighted by atomic mass is 16.5. The Morgan fingerprint density at radius 3 is 2.43 bits per heavy atom. The molecule has 0 bridgehead atoms. The lowest BCUT2D eigenvalue weighted by molar-refractivity contribution is -0.143. The molecule has 0 fully saturated rings. The van der Waals surface area contributed by atoms with Crippen LogP contribution >= 0.6 is 0 Å². The van der Waals surface area contributed by atoms with E-state index < -0.39 is 5.92 Å². The molecule has 2 aromatic carbocycles. The summed E-state index contributed by atoms with van der Waals surface area (Å²) in [4.78, 5) is 27.6. The Labute approximate surface area is 164 Å². The Balaban J connectivity index is 2.17. The zero-order valence-electron chi connectivity index (χ0n) is 16.4. The van der Waals surface area contributed by atoms with Gasteiger partial charge in [-0.15, -0.1) is 0 Å². The van der Waals surface area contributed by atoms with Crippen molar-refractivity contribution in [3.63, 3.8) is 0 Å². The number of hydrogen-bond donors (Lipinski definition) is 1. The molecule has 1 amide bonds. The number of hydrogen-bond acceptors (Lipinski definition) is 4. The van der Waals surface area contributed by atoms with E-state index in [1.165, 1.54) is 0 Å². The van der Waals surface area contributed by atoms with Crippen molar-refractivity contribution in [2.24, 2.45) is 0 Å². The largest absolute Gasteiger partial charge is 0.465 e. The maximum absolute atomic E-state index is 13.1. The Kier molecular flexibility index (Phi) is 6.09. The molecule has 0 saturated heterocycles. The molecule has 146 valence electrons. The van der Waals surface area contributed by atoms with E-state index in [0.29, 0.717) is 36.3 Å². The first kappa shape index (κ1) is 19.6. The van der Waals surface area contributed by atoms with Crippen molar-refractivity contribution in [2.75, 3.05) is 19.7 Å². The molecule has 1 aromatic heterocycles. The van der Waals surface area contributed by atoms with E-state index >= 15 is 0 Å². The van der Waals surface area contributed by atoms with Crippen LogP contribution in [0.15, 0.2) is 48.7 Å². The zero-order valence-corrected chi connectivity index (χ0v) is 16.4. The van der Waals surface area contributed by atoms with Gasteiger partial charge in [-0.05, 0) is 44.0 Å². The number of carbonyl (C=O) groups excluding carboxylic acids is 2. The number of nitrogens with one attached hydrogen (secondary N) is 1. The summed E-state index contributed by atoms with van der Waals surface area (Å²) >= 11 is 0. The Hall–Kier alpha value is -3.15. The van der Waals surface area contributed by atoms with Crippen molar-refractivity contribution in [3.05, 3.63) is 65.4 Å². The van der Waals surface area contributed by atoms with Crippen molar-refractivity contribution < 1.29 is 14.3 Å². The van der Waals surface area contributed by atoms with Crippen molar-refractivity contribution in [2.45, 2.75) is 26.7 Å². The van der Waals surface area contributed by atoms with Crippen LogP contribution in [0.2, 0.25) is 0 Å². The second-order valence-electron chi connectivity index (χ2n) is 6.48. The topological polar surface area (TPSA) is 75.3 Å². The van der Waals surface area contributed by atoms with E-state index in [4.69, 9.17) is 4.74 Å². The number of nitrogens with zero attached hydrogens (tertiary/aromatic N) is 2. The summed E-state index contributed by atoms with van der Waals surface area (Å²) in [5.41, 5.74) is 2.73. The number of aromatic nitrogens is 2. The van der Waals surface area contributed by atoms with Gasteiger partial charge in [0.05, 0.1) is 23.9 Å². The Morgan fingerprint density at radius 2 is 1.79 bits per heavy atom. The summed E-state index contributed by atoms with van der Waals surface area (Å²) in [6.07, 6.45) is 1.67. The molecular formula is C22H25N3O3. The van der Waals surface area contributed by atoms with E-state index in [0.717, 1.165) is 10.9 Å². The molecule has 0 saturated carbocycles. The molecule has 6 nitrogen and oxygen atoms in total. The number of amides is 1. The average Bonchev–Trinajstić information content (AvgIpc) is 3.18. The van der Waals surface area contributed by atoms with Gasteiger partial charge in [0.2, 0.25) is 0 Å². The van der Waals surface area contributed by atoms with Crippen LogP contribution in [0, 0.1) is 0 Å². The van der Waals surface area contributed by atoms with Crippen LogP contribution in [0.5, 0.6) is 0 Å². The third kappa shape index (κ3) is 3.76. The van der Waals surface area contributed by atoms with Crippen molar-refractivity contribution in [1.29, 1.82) is 0 Å². The third-order valence-corrected chi connectivity index (χ3v) is 4.84. The maximum Gasteiger partial charge on any atom is 0.317 e. The van der Waals surface area contributed by atoms with Gasteiger partial charge in [-0.2, -0.15) is 5.10 Å². The number of fused-ring (bicyclic) bond motifs is 1. The van der Waals surface area contributed by atoms with E-state index in [2.05, 4.69) is 10.2 Å². The summed E-state index contributed by atoms with van der Waals surface area (Å²) in [5.74, 6) is -1.03. The highest BCUT2D eigenvalue weighted by Gasteiger charge is 2.27. The summed E-state index contributed by atoms with van der Waals surface area (Å²) in [5, 5.41) is 7.81. The Morgan fingerprint density at radius 1 is 1.07 bits per heavy atom. The van der Waals surface area contributed by atoms with E-state index in [1.807, 2.05) is 50.2 Å². The van der Waals surface area contributed by atoms with E-state index in [-0.39, 0.29) is 11.9 Å². The molecule has 0 aliphatic rings. The van der Waals surface area contributed by atoms with Crippen molar-refractivity contribution >= 4 is 22.8 Å². The highest BCUT2D eigenvalue weighted by molar-refractivity contribution is 6.06. The molecule has 0 aliphatic heterocycles. The molecule has 3 rings (SSSR count). The van der Waals surface area contributed by atoms with Crippen LogP contribution in [0.4, 0.5) is 0 Å². The smallest absolute Gasteiger partial charge is 0.317 e. The maximum atomic E-state index is 13.1. The number of carbonyl (C=O) groups is 2. The SMILES string of the molecule is CCOC(=O)C(c1ccccc1)c1cc(C(=O)N(CC)CC)c2[nH]ncc2c1. The quantitative estimate of drug-likeness (QED) is 0.635. The van der Waals surface area contributed by atoms with E-state index in [1.54, 1.807) is 24.1 Å². The lowest BCUT2D eigenvalue weighted by Gasteiger charge is -2.21. The predicted octanol–water partition coefficient (Wildman–Crippen LogP) is 3.74. The second kappa shape index (κ2) is 8.69. The summed E-state index contributed by atoms with van der Waals surface area (Å²) in [6.45, 7) is 7.18. The average molecular weight is 379 g/mol. The first-order chi connectivity index (χ1) is 13.6. The standard InChI is InChI=1S/C22H25N3O3/c1-4-25(5-2)21(26)18-13-16(12-17-14-23-24-20(17)18)19(22(27)28-6-3)15-10-8-7-9-11-15/h7-14,19H,4-6H2,1-3H3,(H,23,24). The van der Waals surface area contributed by atoms with E-state index in [9.17, 15) is 9.59 Å². The number of benzene rings is 2. The molecule has 0 aliphatic carbocycles. The lowest BCUT2D eigenvalue weighted by atomic mass is 9.89. The predicted molar refractivity (Wildman–Crippen MR) is 108 cm³/mol. The molecule has 1 unspecified atom stereocenters. The fourth-order valence-corrected chi connectivity index (χ4v) is 3.43. The van der Waals surface area contributed by atoms with Gasteiger partial charge in [0.1, 0.15) is 5.92 Å². The fourth-order valence-electron chi connectivity index (χ4n) is 3.43. The summed E-state index contributed by atoms with van der Waals surface area (Å²) < 4.78 is 5.34. The fraction of sp³-hybridized carbons (Fsp3) is 0.318. The van der Waals surface area contributed by atoms with Gasteiger partial charge < -0.3 is 9.64 Å². The Bertz CT molecular complexity index is 962. The molecule has 1 N–H and O–H groups in total. The minimum absolute atomic E-state index is 0.0863. The minimum Gasteiger partial charge on any atom is -0.465 e. The van der Waals surface area contributed by atoms with Crippen LogP contribution < -0.4 is 0 Å². The van der Waals surface area contributed by atoms with Crippen LogP contribution in [0.25, 0.3) is 10.9 Å². The zero-order chi connectivity index (χ0) is 20.1. The van der Waals surface area contributed by atoms with Gasteiger partial charge in [0.25, 0.3) is 5.91 Å².